The number of aryl methyl sites for hydroxylation is 1. The third kappa shape index (κ3) is 3.94. The van der Waals surface area contributed by atoms with Crippen molar-refractivity contribution in [3.63, 3.8) is 0 Å². The first-order chi connectivity index (χ1) is 9.20. The molecule has 1 aliphatic heterocycles. The molecule has 19 heavy (non-hydrogen) atoms. The third-order valence-electron chi connectivity index (χ3n) is 3.43. The van der Waals surface area contributed by atoms with Crippen LogP contribution in [0.25, 0.3) is 0 Å². The molecule has 5 nitrogen and oxygen atoms in total. The lowest BCUT2D eigenvalue weighted by Gasteiger charge is -2.37. The van der Waals surface area contributed by atoms with Gasteiger partial charge in [-0.15, -0.1) is 0 Å². The fraction of sp³-hybridized carbons (Fsp3) is 0.786. The maximum Gasteiger partial charge on any atom is 0.205 e. The van der Waals surface area contributed by atoms with Crippen molar-refractivity contribution in [1.29, 1.82) is 0 Å². The third-order valence-corrected chi connectivity index (χ3v) is 3.43. The summed E-state index contributed by atoms with van der Waals surface area (Å²) in [7, 11) is 0. The van der Waals surface area contributed by atoms with Crippen LogP contribution in [0.15, 0.2) is 12.4 Å². The van der Waals surface area contributed by atoms with Crippen LogP contribution >= 0.6 is 0 Å². The number of rotatable bonds is 6. The van der Waals surface area contributed by atoms with Crippen LogP contribution in [0.1, 0.15) is 27.2 Å². The Morgan fingerprint density at radius 3 is 2.79 bits per heavy atom. The van der Waals surface area contributed by atoms with Crippen LogP contribution in [0.4, 0.5) is 5.95 Å². The van der Waals surface area contributed by atoms with Gasteiger partial charge in [-0.3, -0.25) is 0 Å². The molecule has 0 saturated carbocycles. The van der Waals surface area contributed by atoms with Gasteiger partial charge in [0.15, 0.2) is 0 Å². The van der Waals surface area contributed by atoms with Crippen molar-refractivity contribution in [2.45, 2.75) is 45.8 Å². The number of aromatic nitrogens is 2. The topological polar surface area (TPSA) is 42.3 Å². The summed E-state index contributed by atoms with van der Waals surface area (Å²) in [6.07, 6.45) is 5.00. The van der Waals surface area contributed by atoms with Crippen LogP contribution in [0, 0.1) is 0 Å². The number of hydrogen-bond acceptors (Lipinski definition) is 4. The molecule has 5 heteroatoms. The molecule has 2 heterocycles. The molecule has 0 bridgehead atoms. The van der Waals surface area contributed by atoms with Gasteiger partial charge in [0.2, 0.25) is 5.95 Å². The molecule has 1 N–H and O–H groups in total. The molecule has 1 saturated heterocycles. The van der Waals surface area contributed by atoms with Gasteiger partial charge in [0.05, 0.1) is 0 Å². The van der Waals surface area contributed by atoms with E-state index in [1.807, 2.05) is 13.1 Å². The number of anilines is 1. The van der Waals surface area contributed by atoms with Crippen LogP contribution in [0.5, 0.6) is 0 Å². The number of hydrogen-bond donors (Lipinski definition) is 1. The summed E-state index contributed by atoms with van der Waals surface area (Å²) >= 11 is 0. The van der Waals surface area contributed by atoms with E-state index in [9.17, 15) is 0 Å². The van der Waals surface area contributed by atoms with E-state index in [0.717, 1.165) is 45.2 Å². The molecule has 0 aliphatic carbocycles. The van der Waals surface area contributed by atoms with Crippen molar-refractivity contribution >= 4 is 5.95 Å². The van der Waals surface area contributed by atoms with E-state index in [0.29, 0.717) is 12.1 Å². The Morgan fingerprint density at radius 2 is 2.11 bits per heavy atom. The van der Waals surface area contributed by atoms with E-state index < -0.39 is 0 Å². The highest BCUT2D eigenvalue weighted by molar-refractivity contribution is 5.33. The number of nitrogens with one attached hydrogen (secondary N) is 1. The Morgan fingerprint density at radius 1 is 1.37 bits per heavy atom. The highest BCUT2D eigenvalue weighted by Gasteiger charge is 2.23. The molecule has 2 unspecified atom stereocenters. The fourth-order valence-corrected chi connectivity index (χ4v) is 2.73. The predicted octanol–water partition coefficient (Wildman–Crippen LogP) is 1.50. The van der Waals surface area contributed by atoms with Crippen molar-refractivity contribution < 1.29 is 4.74 Å². The molecule has 0 radical (unpaired) electrons. The second-order valence-corrected chi connectivity index (χ2v) is 5.34. The lowest BCUT2D eigenvalue weighted by atomic mass is 10.1. The zero-order chi connectivity index (χ0) is 13.7. The highest BCUT2D eigenvalue weighted by atomic mass is 16.5. The summed E-state index contributed by atoms with van der Waals surface area (Å²) in [6, 6.07) is 1.02. The summed E-state index contributed by atoms with van der Waals surface area (Å²) in [5.74, 6) is 1.09. The van der Waals surface area contributed by atoms with E-state index in [1.54, 1.807) is 0 Å². The molecule has 0 spiro atoms. The predicted molar refractivity (Wildman–Crippen MR) is 77.6 cm³/mol. The summed E-state index contributed by atoms with van der Waals surface area (Å²) in [4.78, 5) is 6.91. The van der Waals surface area contributed by atoms with E-state index in [-0.39, 0.29) is 0 Å². The maximum atomic E-state index is 5.39. The van der Waals surface area contributed by atoms with Crippen LogP contribution in [0.2, 0.25) is 0 Å². The van der Waals surface area contributed by atoms with Crippen LogP contribution in [-0.4, -0.2) is 47.9 Å². The van der Waals surface area contributed by atoms with Crippen LogP contribution in [0.3, 0.4) is 0 Å². The molecular weight excluding hydrogens is 240 g/mol. The summed E-state index contributed by atoms with van der Waals surface area (Å²) < 4.78 is 7.63. The Hall–Kier alpha value is -1.07. The smallest absolute Gasteiger partial charge is 0.205 e. The minimum absolute atomic E-state index is 0.511. The van der Waals surface area contributed by atoms with Gasteiger partial charge in [0, 0.05) is 57.3 Å². The molecule has 108 valence electrons. The van der Waals surface area contributed by atoms with Crippen molar-refractivity contribution in [2.24, 2.45) is 0 Å². The first-order valence-electron chi connectivity index (χ1n) is 7.30. The second kappa shape index (κ2) is 6.91. The monoisotopic (exact) mass is 266 g/mol. The average molecular weight is 266 g/mol. The second-order valence-electron chi connectivity index (χ2n) is 5.34. The van der Waals surface area contributed by atoms with Crippen LogP contribution < -0.4 is 10.2 Å². The largest absolute Gasteiger partial charge is 0.382 e. The van der Waals surface area contributed by atoms with E-state index in [2.05, 4.69) is 39.8 Å². The Labute approximate surface area is 116 Å². The first kappa shape index (κ1) is 14.3. The normalized spacial score (nSPS) is 23.8. The standard InChI is InChI=1S/C14H26N4O/c1-4-19-9-5-7-17-8-6-15-14(17)18-10-12(2)16-13(3)11-18/h6,8,12-13,16H,4-5,7,9-11H2,1-3H3. The Balaban J connectivity index is 1.94. The molecule has 1 aromatic rings. The SMILES string of the molecule is CCOCCCn1ccnc1N1CC(C)NC(C)C1. The molecule has 2 atom stereocenters. The Bertz CT molecular complexity index is 369. The van der Waals surface area contributed by atoms with E-state index in [4.69, 9.17) is 4.74 Å². The summed E-state index contributed by atoms with van der Waals surface area (Å²) in [5, 5.41) is 3.55. The van der Waals surface area contributed by atoms with Gasteiger partial charge in [0.25, 0.3) is 0 Å². The van der Waals surface area contributed by atoms with Gasteiger partial charge in [-0.25, -0.2) is 4.98 Å². The molecule has 1 fully saturated rings. The van der Waals surface area contributed by atoms with Gasteiger partial charge in [-0.2, -0.15) is 0 Å². The molecular formula is C14H26N4O. The summed E-state index contributed by atoms with van der Waals surface area (Å²) in [6.45, 7) is 11.1. The number of nitrogens with zero attached hydrogens (tertiary/aromatic N) is 3. The van der Waals surface area contributed by atoms with Gasteiger partial charge < -0.3 is 19.5 Å². The molecule has 2 rings (SSSR count). The number of piperazine rings is 1. The van der Waals surface area contributed by atoms with Crippen molar-refractivity contribution in [3.8, 4) is 0 Å². The van der Waals surface area contributed by atoms with Gasteiger partial charge in [-0.05, 0) is 27.2 Å². The van der Waals surface area contributed by atoms with Crippen molar-refractivity contribution in [1.82, 2.24) is 14.9 Å². The quantitative estimate of drug-likeness (QED) is 0.792. The minimum atomic E-state index is 0.511. The zero-order valence-electron chi connectivity index (χ0n) is 12.3. The molecule has 1 aromatic heterocycles. The zero-order valence-corrected chi connectivity index (χ0v) is 12.3. The Kier molecular flexibility index (Phi) is 5.22. The maximum absolute atomic E-state index is 5.39. The number of imidazole rings is 1. The minimum Gasteiger partial charge on any atom is -0.382 e. The van der Waals surface area contributed by atoms with E-state index in [1.165, 1.54) is 0 Å². The lowest BCUT2D eigenvalue weighted by Crippen LogP contribution is -2.55. The van der Waals surface area contributed by atoms with Crippen LogP contribution in [-0.2, 0) is 11.3 Å². The first-order valence-corrected chi connectivity index (χ1v) is 7.30. The van der Waals surface area contributed by atoms with Crippen molar-refractivity contribution in [3.05, 3.63) is 12.4 Å². The summed E-state index contributed by atoms with van der Waals surface area (Å²) in [5.41, 5.74) is 0. The van der Waals surface area contributed by atoms with Gasteiger partial charge in [0.1, 0.15) is 0 Å². The highest BCUT2D eigenvalue weighted by Crippen LogP contribution is 2.16. The van der Waals surface area contributed by atoms with Gasteiger partial charge in [-0.1, -0.05) is 0 Å². The average Bonchev–Trinajstić information content (AvgIpc) is 2.82. The fourth-order valence-electron chi connectivity index (χ4n) is 2.73. The molecule has 0 amide bonds. The molecule has 1 aliphatic rings. The van der Waals surface area contributed by atoms with Gasteiger partial charge >= 0.3 is 0 Å². The lowest BCUT2D eigenvalue weighted by molar-refractivity contribution is 0.141. The van der Waals surface area contributed by atoms with E-state index >= 15 is 0 Å². The van der Waals surface area contributed by atoms with Crippen molar-refractivity contribution in [2.75, 3.05) is 31.2 Å². The number of ether oxygens (including phenoxy) is 1. The molecule has 0 aromatic carbocycles.